The average molecular weight is 234 g/mol. The van der Waals surface area contributed by atoms with Crippen LogP contribution in [-0.4, -0.2) is 0 Å². The third kappa shape index (κ3) is 2.56. The van der Waals surface area contributed by atoms with Gasteiger partial charge in [-0.3, -0.25) is 0 Å². The minimum Gasteiger partial charge on any atom is -0.398 e. The van der Waals surface area contributed by atoms with Gasteiger partial charge in [0.05, 0.1) is 0 Å². The van der Waals surface area contributed by atoms with Crippen LogP contribution in [0.4, 0.5) is 11.4 Å². The highest BCUT2D eigenvalue weighted by Crippen LogP contribution is 2.33. The zero-order valence-corrected chi connectivity index (χ0v) is 11.7. The predicted octanol–water partition coefficient (Wildman–Crippen LogP) is 3.63. The van der Waals surface area contributed by atoms with Crippen LogP contribution in [0.1, 0.15) is 55.9 Å². The van der Waals surface area contributed by atoms with E-state index in [1.165, 1.54) is 29.5 Å². The Morgan fingerprint density at radius 3 is 1.65 bits per heavy atom. The topological polar surface area (TPSA) is 52.0 Å². The first-order valence-corrected chi connectivity index (χ1v) is 6.76. The lowest BCUT2D eigenvalue weighted by molar-refractivity contribution is 0.779. The molecule has 2 nitrogen and oxygen atoms in total. The van der Waals surface area contributed by atoms with Crippen molar-refractivity contribution in [2.75, 3.05) is 11.5 Å². The molecule has 0 amide bonds. The van der Waals surface area contributed by atoms with Gasteiger partial charge in [-0.05, 0) is 54.9 Å². The number of nitrogens with two attached hydrogens (primary N) is 2. The molecule has 0 bridgehead atoms. The maximum atomic E-state index is 6.21. The Labute approximate surface area is 105 Å². The van der Waals surface area contributed by atoms with Crippen molar-refractivity contribution in [3.63, 3.8) is 0 Å². The van der Waals surface area contributed by atoms with Crippen molar-refractivity contribution in [2.24, 2.45) is 0 Å². The van der Waals surface area contributed by atoms with Gasteiger partial charge in [0.1, 0.15) is 0 Å². The molecular weight excluding hydrogens is 208 g/mol. The number of rotatable bonds is 5. The van der Waals surface area contributed by atoms with Crippen LogP contribution in [0.5, 0.6) is 0 Å². The molecule has 96 valence electrons. The first-order valence-electron chi connectivity index (χ1n) is 6.76. The van der Waals surface area contributed by atoms with Crippen molar-refractivity contribution in [2.45, 2.75) is 59.8 Å². The minimum absolute atomic E-state index is 0.910. The molecule has 0 spiro atoms. The van der Waals surface area contributed by atoms with Gasteiger partial charge in [0, 0.05) is 11.4 Å². The van der Waals surface area contributed by atoms with E-state index in [9.17, 15) is 0 Å². The number of benzene rings is 1. The number of hydrogen-bond acceptors (Lipinski definition) is 2. The van der Waals surface area contributed by atoms with E-state index in [1.807, 2.05) is 6.92 Å². The van der Waals surface area contributed by atoms with Gasteiger partial charge in [-0.2, -0.15) is 0 Å². The van der Waals surface area contributed by atoms with E-state index < -0.39 is 0 Å². The van der Waals surface area contributed by atoms with Gasteiger partial charge in [-0.1, -0.05) is 27.2 Å². The number of anilines is 2. The summed E-state index contributed by atoms with van der Waals surface area (Å²) in [6.45, 7) is 8.61. The Kier molecular flexibility index (Phi) is 4.86. The summed E-state index contributed by atoms with van der Waals surface area (Å²) in [5.41, 5.74) is 19.4. The van der Waals surface area contributed by atoms with E-state index in [1.54, 1.807) is 0 Å². The number of hydrogen-bond donors (Lipinski definition) is 2. The van der Waals surface area contributed by atoms with E-state index in [2.05, 4.69) is 20.8 Å². The summed E-state index contributed by atoms with van der Waals surface area (Å²) in [4.78, 5) is 0. The van der Waals surface area contributed by atoms with E-state index in [0.717, 1.165) is 36.2 Å². The van der Waals surface area contributed by atoms with Gasteiger partial charge >= 0.3 is 0 Å². The van der Waals surface area contributed by atoms with Crippen LogP contribution in [0.15, 0.2) is 0 Å². The lowest BCUT2D eigenvalue weighted by Gasteiger charge is -2.20. The summed E-state index contributed by atoms with van der Waals surface area (Å²) >= 11 is 0. The Bertz CT molecular complexity index is 363. The molecule has 0 heterocycles. The monoisotopic (exact) mass is 234 g/mol. The summed E-state index contributed by atoms with van der Waals surface area (Å²) < 4.78 is 0. The summed E-state index contributed by atoms with van der Waals surface area (Å²) in [5.74, 6) is 0. The van der Waals surface area contributed by atoms with Crippen molar-refractivity contribution >= 4 is 11.4 Å². The van der Waals surface area contributed by atoms with E-state index in [4.69, 9.17) is 11.5 Å². The third-order valence-corrected chi connectivity index (χ3v) is 3.67. The number of unbranched alkanes of at least 4 members (excludes halogenated alkanes) is 1. The molecule has 0 saturated heterocycles. The fourth-order valence-corrected chi connectivity index (χ4v) is 2.57. The summed E-state index contributed by atoms with van der Waals surface area (Å²) in [6.07, 6.45) is 5.53. The van der Waals surface area contributed by atoms with Gasteiger partial charge in [0.25, 0.3) is 0 Å². The average Bonchev–Trinajstić information content (AvgIpc) is 2.34. The van der Waals surface area contributed by atoms with Crippen molar-refractivity contribution in [3.8, 4) is 0 Å². The molecule has 0 aliphatic carbocycles. The highest BCUT2D eigenvalue weighted by atomic mass is 14.6. The molecule has 0 fully saturated rings. The minimum atomic E-state index is 0.910. The maximum absolute atomic E-state index is 6.21. The molecule has 0 aliphatic heterocycles. The fraction of sp³-hybridized carbons (Fsp3) is 0.600. The van der Waals surface area contributed by atoms with Gasteiger partial charge < -0.3 is 11.5 Å². The van der Waals surface area contributed by atoms with Crippen LogP contribution in [0.3, 0.4) is 0 Å². The fourth-order valence-electron chi connectivity index (χ4n) is 2.57. The lowest BCUT2D eigenvalue weighted by Crippen LogP contribution is -2.10. The molecule has 17 heavy (non-hydrogen) atoms. The van der Waals surface area contributed by atoms with Crippen molar-refractivity contribution < 1.29 is 0 Å². The smallest absolute Gasteiger partial charge is 0.0399 e. The van der Waals surface area contributed by atoms with Crippen LogP contribution in [-0.2, 0) is 19.3 Å². The van der Waals surface area contributed by atoms with Gasteiger partial charge in [0.2, 0.25) is 0 Å². The highest BCUT2D eigenvalue weighted by Gasteiger charge is 2.16. The van der Waals surface area contributed by atoms with E-state index in [-0.39, 0.29) is 0 Å². The molecule has 1 aromatic rings. The maximum Gasteiger partial charge on any atom is 0.0399 e. The molecule has 0 aromatic heterocycles. The summed E-state index contributed by atoms with van der Waals surface area (Å²) in [5, 5.41) is 0. The second-order valence-corrected chi connectivity index (χ2v) is 4.70. The quantitative estimate of drug-likeness (QED) is 0.764. The Hall–Kier alpha value is -1.18. The third-order valence-electron chi connectivity index (χ3n) is 3.67. The van der Waals surface area contributed by atoms with Gasteiger partial charge in [-0.15, -0.1) is 0 Å². The molecule has 4 N–H and O–H groups in total. The van der Waals surface area contributed by atoms with Crippen molar-refractivity contribution in [3.05, 3.63) is 22.3 Å². The largest absolute Gasteiger partial charge is 0.398 e. The van der Waals surface area contributed by atoms with Crippen LogP contribution in [0.25, 0.3) is 0 Å². The molecular formula is C15H26N2. The first-order chi connectivity index (χ1) is 8.08. The SMILES string of the molecule is CCCCc1c(CC)c(N)c(C)c(N)c1CC. The van der Waals surface area contributed by atoms with Crippen LogP contribution in [0, 0.1) is 6.92 Å². The second-order valence-electron chi connectivity index (χ2n) is 4.70. The zero-order chi connectivity index (χ0) is 13.0. The molecule has 0 unspecified atom stereocenters. The van der Waals surface area contributed by atoms with Crippen LogP contribution < -0.4 is 11.5 Å². The predicted molar refractivity (Wildman–Crippen MR) is 77.4 cm³/mol. The second kappa shape index (κ2) is 5.95. The number of nitrogen functional groups attached to an aromatic ring is 2. The first kappa shape index (κ1) is 13.9. The normalized spacial score (nSPS) is 10.8. The van der Waals surface area contributed by atoms with Gasteiger partial charge in [0.15, 0.2) is 0 Å². The molecule has 0 saturated carbocycles. The molecule has 0 radical (unpaired) electrons. The highest BCUT2D eigenvalue weighted by molar-refractivity contribution is 5.71. The standard InChI is InChI=1S/C15H26N2/c1-5-8-9-13-11(6-2)14(16)10(4)15(17)12(13)7-3/h5-9,16-17H2,1-4H3. The van der Waals surface area contributed by atoms with Crippen LogP contribution >= 0.6 is 0 Å². The summed E-state index contributed by atoms with van der Waals surface area (Å²) in [6, 6.07) is 0. The van der Waals surface area contributed by atoms with Crippen molar-refractivity contribution in [1.82, 2.24) is 0 Å². The molecule has 1 aromatic carbocycles. The van der Waals surface area contributed by atoms with Gasteiger partial charge in [-0.25, -0.2) is 0 Å². The zero-order valence-electron chi connectivity index (χ0n) is 11.7. The van der Waals surface area contributed by atoms with Crippen LogP contribution in [0.2, 0.25) is 0 Å². The summed E-state index contributed by atoms with van der Waals surface area (Å²) in [7, 11) is 0. The molecule has 2 heteroatoms. The Morgan fingerprint density at radius 2 is 1.29 bits per heavy atom. The molecule has 0 aliphatic rings. The van der Waals surface area contributed by atoms with E-state index >= 15 is 0 Å². The Morgan fingerprint density at radius 1 is 0.824 bits per heavy atom. The molecule has 1 rings (SSSR count). The van der Waals surface area contributed by atoms with E-state index in [0.29, 0.717) is 0 Å². The molecule has 0 atom stereocenters. The Balaban J connectivity index is 3.40. The van der Waals surface area contributed by atoms with Crippen molar-refractivity contribution in [1.29, 1.82) is 0 Å². The lowest BCUT2D eigenvalue weighted by atomic mass is 9.88.